The molecule has 0 unspecified atom stereocenters. The molecular formula is C10H10N2O2S. The first-order chi connectivity index (χ1) is 7.25. The third kappa shape index (κ3) is 2.50. The van der Waals surface area contributed by atoms with E-state index < -0.39 is 5.97 Å². The van der Waals surface area contributed by atoms with Crippen molar-refractivity contribution in [2.45, 2.75) is 19.3 Å². The highest BCUT2D eigenvalue weighted by Gasteiger charge is 2.01. The molecular weight excluding hydrogens is 212 g/mol. The molecule has 5 heteroatoms. The monoisotopic (exact) mass is 222 g/mol. The average molecular weight is 222 g/mol. The summed E-state index contributed by atoms with van der Waals surface area (Å²) in [6.45, 7) is 0. The van der Waals surface area contributed by atoms with Gasteiger partial charge in [-0.25, -0.2) is 0 Å². The summed E-state index contributed by atoms with van der Waals surface area (Å²) in [4.78, 5) is 10.3. The second-order valence-electron chi connectivity index (χ2n) is 3.32. The first-order valence-electron chi connectivity index (χ1n) is 4.68. The van der Waals surface area contributed by atoms with Gasteiger partial charge in [0.1, 0.15) is 5.52 Å². The predicted molar refractivity (Wildman–Crippen MR) is 58.0 cm³/mol. The molecule has 1 aromatic heterocycles. The molecule has 2 rings (SSSR count). The van der Waals surface area contributed by atoms with Crippen LogP contribution in [0.4, 0.5) is 0 Å². The van der Waals surface area contributed by atoms with Crippen molar-refractivity contribution in [3.05, 3.63) is 23.8 Å². The van der Waals surface area contributed by atoms with Crippen molar-refractivity contribution in [2.24, 2.45) is 0 Å². The predicted octanol–water partition coefficient (Wildman–Crippen LogP) is 2.10. The van der Waals surface area contributed by atoms with Crippen LogP contribution in [-0.4, -0.2) is 20.7 Å². The second kappa shape index (κ2) is 4.35. The number of hydrogen-bond acceptors (Lipinski definition) is 4. The molecule has 0 atom stereocenters. The highest BCUT2D eigenvalue weighted by Crippen LogP contribution is 2.18. The quantitative estimate of drug-likeness (QED) is 0.860. The number of aliphatic carboxylic acids is 1. The van der Waals surface area contributed by atoms with Crippen LogP contribution in [0.25, 0.3) is 10.2 Å². The van der Waals surface area contributed by atoms with Gasteiger partial charge in [0.25, 0.3) is 0 Å². The Labute approximate surface area is 90.7 Å². The molecule has 0 fully saturated rings. The fourth-order valence-electron chi connectivity index (χ4n) is 1.42. The van der Waals surface area contributed by atoms with Gasteiger partial charge in [-0.05, 0) is 42.1 Å². The lowest BCUT2D eigenvalue weighted by atomic mass is 10.1. The minimum Gasteiger partial charge on any atom is -0.481 e. The van der Waals surface area contributed by atoms with Crippen molar-refractivity contribution in [1.82, 2.24) is 9.59 Å². The Bertz CT molecular complexity index is 481. The number of hydrogen-bond donors (Lipinski definition) is 1. The maximum atomic E-state index is 10.3. The molecule has 0 aliphatic carbocycles. The fraction of sp³-hybridized carbons (Fsp3) is 0.300. The Balaban J connectivity index is 2.04. The normalized spacial score (nSPS) is 10.7. The second-order valence-corrected chi connectivity index (χ2v) is 4.11. The van der Waals surface area contributed by atoms with Gasteiger partial charge in [-0.2, -0.15) is 0 Å². The topological polar surface area (TPSA) is 63.1 Å². The maximum absolute atomic E-state index is 10.3. The number of carboxylic acid groups (broad SMARTS) is 1. The highest BCUT2D eigenvalue weighted by molar-refractivity contribution is 7.12. The van der Waals surface area contributed by atoms with E-state index in [1.165, 1.54) is 11.5 Å². The summed E-state index contributed by atoms with van der Waals surface area (Å²) in [5, 5.41) is 12.5. The molecule has 4 nitrogen and oxygen atoms in total. The van der Waals surface area contributed by atoms with E-state index in [-0.39, 0.29) is 6.42 Å². The molecule has 15 heavy (non-hydrogen) atoms. The Morgan fingerprint density at radius 2 is 2.33 bits per heavy atom. The molecule has 0 radical (unpaired) electrons. The minimum atomic E-state index is -0.740. The van der Waals surface area contributed by atoms with E-state index in [1.807, 2.05) is 18.2 Å². The number of aryl methyl sites for hydroxylation is 1. The van der Waals surface area contributed by atoms with Crippen molar-refractivity contribution in [3.8, 4) is 0 Å². The zero-order valence-corrected chi connectivity index (χ0v) is 8.83. The Kier molecular flexibility index (Phi) is 2.91. The summed E-state index contributed by atoms with van der Waals surface area (Å²) < 4.78 is 4.91. The van der Waals surface area contributed by atoms with Gasteiger partial charge in [0.2, 0.25) is 0 Å². The molecule has 0 aliphatic rings. The van der Waals surface area contributed by atoms with E-state index in [2.05, 4.69) is 9.59 Å². The van der Waals surface area contributed by atoms with Crippen LogP contribution >= 0.6 is 11.5 Å². The largest absolute Gasteiger partial charge is 0.481 e. The number of aromatic nitrogens is 2. The smallest absolute Gasteiger partial charge is 0.303 e. The third-order valence-electron chi connectivity index (χ3n) is 2.17. The summed E-state index contributed by atoms with van der Waals surface area (Å²) in [5.41, 5.74) is 2.05. The lowest BCUT2D eigenvalue weighted by molar-refractivity contribution is -0.137. The molecule has 0 spiro atoms. The third-order valence-corrected chi connectivity index (χ3v) is 2.86. The summed E-state index contributed by atoms with van der Waals surface area (Å²) >= 11 is 1.36. The van der Waals surface area contributed by atoms with E-state index in [0.29, 0.717) is 6.42 Å². The molecule has 0 saturated carbocycles. The summed E-state index contributed by atoms with van der Waals surface area (Å²) in [7, 11) is 0. The SMILES string of the molecule is O=C(O)CCCc1ccc2nnsc2c1. The van der Waals surface area contributed by atoms with Crippen molar-refractivity contribution in [2.75, 3.05) is 0 Å². The van der Waals surface area contributed by atoms with Crippen molar-refractivity contribution in [3.63, 3.8) is 0 Å². The lowest BCUT2D eigenvalue weighted by Gasteiger charge is -1.98. The van der Waals surface area contributed by atoms with Gasteiger partial charge in [0, 0.05) is 6.42 Å². The molecule has 0 bridgehead atoms. The van der Waals surface area contributed by atoms with Crippen molar-refractivity contribution in [1.29, 1.82) is 0 Å². The molecule has 1 aromatic carbocycles. The van der Waals surface area contributed by atoms with Crippen LogP contribution < -0.4 is 0 Å². The van der Waals surface area contributed by atoms with Crippen LogP contribution in [0.2, 0.25) is 0 Å². The van der Waals surface area contributed by atoms with E-state index >= 15 is 0 Å². The molecule has 0 aliphatic heterocycles. The van der Waals surface area contributed by atoms with Gasteiger partial charge in [0.15, 0.2) is 0 Å². The number of carbonyl (C=O) groups is 1. The van der Waals surface area contributed by atoms with Gasteiger partial charge in [-0.1, -0.05) is 10.6 Å². The molecule has 0 saturated heterocycles. The lowest BCUT2D eigenvalue weighted by Crippen LogP contribution is -1.95. The Hall–Kier alpha value is -1.49. The van der Waals surface area contributed by atoms with Crippen LogP contribution in [0.5, 0.6) is 0 Å². The van der Waals surface area contributed by atoms with Crippen LogP contribution in [0.1, 0.15) is 18.4 Å². The molecule has 78 valence electrons. The van der Waals surface area contributed by atoms with Crippen molar-refractivity contribution < 1.29 is 9.90 Å². The van der Waals surface area contributed by atoms with Gasteiger partial charge >= 0.3 is 5.97 Å². The highest BCUT2D eigenvalue weighted by atomic mass is 32.1. The van der Waals surface area contributed by atoms with E-state index in [0.717, 1.165) is 22.2 Å². The molecule has 1 heterocycles. The fourth-order valence-corrected chi connectivity index (χ4v) is 2.05. The minimum absolute atomic E-state index is 0.221. The van der Waals surface area contributed by atoms with Crippen LogP contribution in [-0.2, 0) is 11.2 Å². The van der Waals surface area contributed by atoms with Crippen LogP contribution in [0.3, 0.4) is 0 Å². The van der Waals surface area contributed by atoms with Crippen molar-refractivity contribution >= 4 is 27.7 Å². The van der Waals surface area contributed by atoms with Crippen LogP contribution in [0, 0.1) is 0 Å². The molecule has 0 amide bonds. The zero-order chi connectivity index (χ0) is 10.7. The standard InChI is InChI=1S/C10H10N2O2S/c13-10(14)3-1-2-7-4-5-8-9(6-7)15-12-11-8/h4-6H,1-3H2,(H,13,14). The summed E-state index contributed by atoms with van der Waals surface area (Å²) in [6, 6.07) is 5.93. The number of fused-ring (bicyclic) bond motifs is 1. The van der Waals surface area contributed by atoms with Gasteiger partial charge < -0.3 is 5.11 Å². The van der Waals surface area contributed by atoms with Gasteiger partial charge in [-0.15, -0.1) is 5.10 Å². The van der Waals surface area contributed by atoms with Gasteiger partial charge in [0.05, 0.1) is 4.70 Å². The zero-order valence-electron chi connectivity index (χ0n) is 8.01. The number of benzene rings is 1. The van der Waals surface area contributed by atoms with Gasteiger partial charge in [-0.3, -0.25) is 4.79 Å². The average Bonchev–Trinajstić information content (AvgIpc) is 2.64. The van der Waals surface area contributed by atoms with E-state index in [9.17, 15) is 4.79 Å². The summed E-state index contributed by atoms with van der Waals surface area (Å²) in [5.74, 6) is -0.740. The number of carboxylic acids is 1. The van der Waals surface area contributed by atoms with E-state index in [1.54, 1.807) is 0 Å². The maximum Gasteiger partial charge on any atom is 0.303 e. The molecule has 2 aromatic rings. The Morgan fingerprint density at radius 3 is 3.13 bits per heavy atom. The summed E-state index contributed by atoms with van der Waals surface area (Å²) in [6.07, 6.45) is 1.69. The Morgan fingerprint density at radius 1 is 1.47 bits per heavy atom. The first kappa shape index (κ1) is 10.0. The first-order valence-corrected chi connectivity index (χ1v) is 5.46. The number of nitrogens with zero attached hydrogens (tertiary/aromatic N) is 2. The van der Waals surface area contributed by atoms with E-state index in [4.69, 9.17) is 5.11 Å². The van der Waals surface area contributed by atoms with Crippen LogP contribution in [0.15, 0.2) is 18.2 Å². The molecule has 1 N–H and O–H groups in total. The number of rotatable bonds is 4.